The lowest BCUT2D eigenvalue weighted by Gasteiger charge is -2.32. The summed E-state index contributed by atoms with van der Waals surface area (Å²) in [6.07, 6.45) is 3.80. The Hall–Kier alpha value is -4.23. The molecule has 6 rings (SSSR count). The molecule has 7 heteroatoms. The summed E-state index contributed by atoms with van der Waals surface area (Å²) in [5.74, 6) is 1.59. The average Bonchev–Trinajstić information content (AvgIpc) is 3.45. The van der Waals surface area contributed by atoms with Crippen LogP contribution in [0.15, 0.2) is 97.3 Å². The average molecular weight is 504 g/mol. The van der Waals surface area contributed by atoms with Crippen molar-refractivity contribution in [1.29, 1.82) is 0 Å². The predicted molar refractivity (Wildman–Crippen MR) is 153 cm³/mol. The number of likely N-dealkylation sites (tertiary alicyclic amines) is 1. The summed E-state index contributed by atoms with van der Waals surface area (Å²) in [4.78, 5) is 19.8. The Kier molecular flexibility index (Phi) is 7.26. The second kappa shape index (κ2) is 11.4. The highest BCUT2D eigenvalue weighted by Crippen LogP contribution is 2.27. The van der Waals surface area contributed by atoms with Crippen LogP contribution in [-0.4, -0.2) is 50.5 Å². The first kappa shape index (κ1) is 24.1. The van der Waals surface area contributed by atoms with Crippen LogP contribution in [0.25, 0.3) is 11.2 Å². The number of hydrogen-bond acceptors (Lipinski definition) is 6. The van der Waals surface area contributed by atoms with Crippen LogP contribution >= 0.6 is 0 Å². The first-order valence-electron chi connectivity index (χ1n) is 13.4. The molecule has 3 aromatic carbocycles. The molecule has 38 heavy (non-hydrogen) atoms. The van der Waals surface area contributed by atoms with Gasteiger partial charge in [0.15, 0.2) is 11.5 Å². The Balaban J connectivity index is 1.15. The van der Waals surface area contributed by atoms with Crippen LogP contribution in [-0.2, 0) is 6.54 Å². The molecule has 0 unspecified atom stereocenters. The molecule has 0 bridgehead atoms. The molecule has 3 N–H and O–H groups in total. The van der Waals surface area contributed by atoms with Gasteiger partial charge in [-0.2, -0.15) is 9.97 Å². The Morgan fingerprint density at radius 3 is 2.11 bits per heavy atom. The van der Waals surface area contributed by atoms with E-state index in [0.29, 0.717) is 24.2 Å². The summed E-state index contributed by atoms with van der Waals surface area (Å²) < 4.78 is 0. The molecule has 0 radical (unpaired) electrons. The number of aromatic amines is 1. The zero-order valence-corrected chi connectivity index (χ0v) is 21.4. The van der Waals surface area contributed by atoms with Crippen LogP contribution in [0, 0.1) is 0 Å². The van der Waals surface area contributed by atoms with Gasteiger partial charge in [-0.1, -0.05) is 91.0 Å². The van der Waals surface area contributed by atoms with E-state index in [1.807, 2.05) is 0 Å². The summed E-state index contributed by atoms with van der Waals surface area (Å²) in [7, 11) is 0. The van der Waals surface area contributed by atoms with Crippen molar-refractivity contribution in [2.75, 3.05) is 30.3 Å². The maximum Gasteiger partial charge on any atom is 0.227 e. The molecule has 0 atom stereocenters. The van der Waals surface area contributed by atoms with Crippen molar-refractivity contribution >= 4 is 22.9 Å². The molecule has 2 aromatic heterocycles. The van der Waals surface area contributed by atoms with Crippen LogP contribution in [0.5, 0.6) is 0 Å². The number of H-pyrrole nitrogens is 1. The molecule has 1 saturated heterocycles. The summed E-state index contributed by atoms with van der Waals surface area (Å²) in [5, 5.41) is 7.21. The van der Waals surface area contributed by atoms with Crippen molar-refractivity contribution in [2.45, 2.75) is 31.3 Å². The lowest BCUT2D eigenvalue weighted by atomic mass is 9.91. The molecule has 7 nitrogen and oxygen atoms in total. The standard InChI is InChI=1S/C31H33N7/c1-4-10-23(11-5-1)21-38-18-16-26(17-19-38)35-31-36-29(28-30(37-31)34-22-33-28)32-20-27(24-12-6-2-7-13-24)25-14-8-3-9-15-25/h1-15,22,26-27H,16-21H2,(H3,32,33,34,35,36,37). The third kappa shape index (κ3) is 5.68. The van der Waals surface area contributed by atoms with Gasteiger partial charge in [-0.25, -0.2) is 4.98 Å². The smallest absolute Gasteiger partial charge is 0.227 e. The van der Waals surface area contributed by atoms with Gasteiger partial charge in [0.1, 0.15) is 5.52 Å². The molecule has 0 aliphatic carbocycles. The number of hydrogen-bond donors (Lipinski definition) is 3. The maximum atomic E-state index is 4.90. The molecular weight excluding hydrogens is 470 g/mol. The minimum absolute atomic E-state index is 0.190. The molecular formula is C31H33N7. The number of nitrogens with zero attached hydrogens (tertiary/aromatic N) is 4. The number of nitrogens with one attached hydrogen (secondary N) is 3. The van der Waals surface area contributed by atoms with Gasteiger partial charge in [-0.15, -0.1) is 0 Å². The lowest BCUT2D eigenvalue weighted by Crippen LogP contribution is -2.39. The third-order valence-electron chi connectivity index (χ3n) is 7.33. The Morgan fingerprint density at radius 2 is 1.45 bits per heavy atom. The van der Waals surface area contributed by atoms with E-state index in [0.717, 1.165) is 43.8 Å². The first-order valence-corrected chi connectivity index (χ1v) is 13.4. The lowest BCUT2D eigenvalue weighted by molar-refractivity contribution is 0.211. The Bertz CT molecular complexity index is 1390. The SMILES string of the molecule is c1ccc(CN2CCC(Nc3nc(NCC(c4ccccc4)c4ccccc4)c4[nH]cnc4n3)CC2)cc1. The first-order chi connectivity index (χ1) is 18.8. The zero-order chi connectivity index (χ0) is 25.6. The highest BCUT2D eigenvalue weighted by molar-refractivity contribution is 5.83. The number of fused-ring (bicyclic) bond motifs is 1. The van der Waals surface area contributed by atoms with Crippen molar-refractivity contribution in [3.8, 4) is 0 Å². The number of anilines is 2. The van der Waals surface area contributed by atoms with Gasteiger partial charge >= 0.3 is 0 Å². The topological polar surface area (TPSA) is 81.8 Å². The van der Waals surface area contributed by atoms with Crippen molar-refractivity contribution in [3.63, 3.8) is 0 Å². The third-order valence-corrected chi connectivity index (χ3v) is 7.33. The van der Waals surface area contributed by atoms with Crippen molar-refractivity contribution in [2.24, 2.45) is 0 Å². The summed E-state index contributed by atoms with van der Waals surface area (Å²) >= 11 is 0. The van der Waals surface area contributed by atoms with E-state index >= 15 is 0 Å². The fourth-order valence-corrected chi connectivity index (χ4v) is 5.28. The second-order valence-electron chi connectivity index (χ2n) is 9.93. The van der Waals surface area contributed by atoms with Gasteiger partial charge in [-0.05, 0) is 29.5 Å². The molecule has 1 aliphatic rings. The molecule has 0 amide bonds. The van der Waals surface area contributed by atoms with E-state index in [2.05, 4.69) is 116 Å². The van der Waals surface area contributed by atoms with E-state index in [1.165, 1.54) is 16.7 Å². The van der Waals surface area contributed by atoms with E-state index < -0.39 is 0 Å². The fraction of sp³-hybridized carbons (Fsp3) is 0.258. The Labute approximate surface area is 223 Å². The highest BCUT2D eigenvalue weighted by atomic mass is 15.2. The van der Waals surface area contributed by atoms with E-state index in [9.17, 15) is 0 Å². The normalized spacial score (nSPS) is 14.7. The van der Waals surface area contributed by atoms with Crippen LogP contribution in [0.3, 0.4) is 0 Å². The number of rotatable bonds is 9. The number of benzene rings is 3. The van der Waals surface area contributed by atoms with Crippen molar-refractivity contribution in [1.82, 2.24) is 24.8 Å². The fourth-order valence-electron chi connectivity index (χ4n) is 5.28. The molecule has 3 heterocycles. The maximum absolute atomic E-state index is 4.90. The van der Waals surface area contributed by atoms with Gasteiger partial charge in [0.2, 0.25) is 5.95 Å². The van der Waals surface area contributed by atoms with Crippen molar-refractivity contribution < 1.29 is 0 Å². The highest BCUT2D eigenvalue weighted by Gasteiger charge is 2.21. The van der Waals surface area contributed by atoms with Gasteiger partial charge in [-0.3, -0.25) is 4.90 Å². The molecule has 1 aliphatic heterocycles. The van der Waals surface area contributed by atoms with Crippen LogP contribution in [0.4, 0.5) is 11.8 Å². The molecule has 5 aromatic rings. The van der Waals surface area contributed by atoms with Crippen molar-refractivity contribution in [3.05, 3.63) is 114 Å². The minimum atomic E-state index is 0.190. The van der Waals surface area contributed by atoms with E-state index in [-0.39, 0.29) is 5.92 Å². The number of aromatic nitrogens is 4. The number of piperidine rings is 1. The Morgan fingerprint density at radius 1 is 0.816 bits per heavy atom. The summed E-state index contributed by atoms with van der Waals surface area (Å²) in [5.41, 5.74) is 5.39. The van der Waals surface area contributed by atoms with Crippen LogP contribution in [0.2, 0.25) is 0 Å². The molecule has 1 fully saturated rings. The quantitative estimate of drug-likeness (QED) is 0.240. The van der Waals surface area contributed by atoms with Gasteiger partial charge in [0.25, 0.3) is 0 Å². The minimum Gasteiger partial charge on any atom is -0.367 e. The monoisotopic (exact) mass is 503 g/mol. The van der Waals surface area contributed by atoms with Gasteiger partial charge < -0.3 is 15.6 Å². The summed E-state index contributed by atoms with van der Waals surface area (Å²) in [6, 6.07) is 32.3. The predicted octanol–water partition coefficient (Wildman–Crippen LogP) is 5.67. The van der Waals surface area contributed by atoms with Crippen LogP contribution < -0.4 is 10.6 Å². The second-order valence-corrected chi connectivity index (χ2v) is 9.93. The molecule has 0 spiro atoms. The van der Waals surface area contributed by atoms with E-state index in [4.69, 9.17) is 9.97 Å². The zero-order valence-electron chi connectivity index (χ0n) is 21.4. The largest absolute Gasteiger partial charge is 0.367 e. The summed E-state index contributed by atoms with van der Waals surface area (Å²) in [6.45, 7) is 3.81. The van der Waals surface area contributed by atoms with Crippen LogP contribution in [0.1, 0.15) is 35.4 Å². The van der Waals surface area contributed by atoms with E-state index in [1.54, 1.807) is 6.33 Å². The van der Waals surface area contributed by atoms with Gasteiger partial charge in [0, 0.05) is 38.1 Å². The molecule has 192 valence electrons. The molecule has 0 saturated carbocycles. The number of imidazole rings is 1. The van der Waals surface area contributed by atoms with Gasteiger partial charge in [0.05, 0.1) is 6.33 Å².